The molecule has 0 aliphatic carbocycles. The molecule has 0 bridgehead atoms. The Morgan fingerprint density at radius 2 is 1.74 bits per heavy atom. The maximum absolute atomic E-state index is 13.2. The summed E-state index contributed by atoms with van der Waals surface area (Å²) in [6, 6.07) is 13.8. The number of fused-ring (bicyclic) bond motifs is 1. The highest BCUT2D eigenvalue weighted by Crippen LogP contribution is 2.43. The van der Waals surface area contributed by atoms with E-state index in [1.807, 2.05) is 6.07 Å². The van der Waals surface area contributed by atoms with Crippen molar-refractivity contribution >= 4 is 28.6 Å². The van der Waals surface area contributed by atoms with Crippen LogP contribution in [0.15, 0.2) is 54.6 Å². The molecule has 2 amide bonds. The van der Waals surface area contributed by atoms with Crippen molar-refractivity contribution in [1.82, 2.24) is 10.2 Å². The van der Waals surface area contributed by atoms with Crippen LogP contribution >= 0.6 is 0 Å². The first-order valence-corrected chi connectivity index (χ1v) is 11.9. The number of carbonyl (C=O) groups excluding carboxylic acids is 3. The van der Waals surface area contributed by atoms with E-state index < -0.39 is 50.8 Å². The monoisotopic (exact) mass is 486 g/mol. The molecule has 10 heteroatoms. The quantitative estimate of drug-likeness (QED) is 0.443. The van der Waals surface area contributed by atoms with Gasteiger partial charge in [0.1, 0.15) is 35.6 Å². The number of methoxy groups -OCH3 is 1. The van der Waals surface area contributed by atoms with Gasteiger partial charge in [-0.3, -0.25) is 13.8 Å². The van der Waals surface area contributed by atoms with Crippen molar-refractivity contribution in [2.75, 3.05) is 13.7 Å². The molecule has 0 aromatic heterocycles. The second-order valence-corrected chi connectivity index (χ2v) is 10.7. The second kappa shape index (κ2) is 9.46. The van der Waals surface area contributed by atoms with Gasteiger partial charge >= 0.3 is 5.97 Å². The lowest BCUT2D eigenvalue weighted by atomic mass is 9.96. The van der Waals surface area contributed by atoms with E-state index >= 15 is 0 Å². The Hall–Kier alpha value is -3.40. The van der Waals surface area contributed by atoms with Crippen LogP contribution in [0.25, 0.3) is 0 Å². The molecule has 180 valence electrons. The summed E-state index contributed by atoms with van der Waals surface area (Å²) in [7, 11) is -0.0399. The third kappa shape index (κ3) is 4.37. The van der Waals surface area contributed by atoms with Crippen molar-refractivity contribution in [3.8, 4) is 11.5 Å². The van der Waals surface area contributed by atoms with Gasteiger partial charge in [-0.2, -0.15) is 0 Å². The maximum Gasteiger partial charge on any atom is 0.330 e. The number of nitrogens with one attached hydrogen (secondary N) is 1. The zero-order valence-corrected chi connectivity index (χ0v) is 19.9. The molecule has 2 aliphatic heterocycles. The Kier molecular flexibility index (Phi) is 6.60. The summed E-state index contributed by atoms with van der Waals surface area (Å²) in [6.07, 6.45) is 0. The number of benzene rings is 2. The minimum Gasteiger partial charge on any atom is -0.497 e. The van der Waals surface area contributed by atoms with Crippen LogP contribution in [-0.2, 0) is 36.5 Å². The lowest BCUT2D eigenvalue weighted by molar-refractivity contribution is -0.165. The normalized spacial score (nSPS) is 24.6. The highest BCUT2D eigenvalue weighted by atomic mass is 32.2. The van der Waals surface area contributed by atoms with Gasteiger partial charge in [0.2, 0.25) is 5.91 Å². The minimum absolute atomic E-state index is 0.00568. The Balaban J connectivity index is 1.38. The molecule has 4 rings (SSSR count). The first kappa shape index (κ1) is 23.7. The van der Waals surface area contributed by atoms with Crippen molar-refractivity contribution in [3.05, 3.63) is 60.2 Å². The van der Waals surface area contributed by atoms with Crippen LogP contribution in [0, 0.1) is 0 Å². The van der Waals surface area contributed by atoms with Gasteiger partial charge in [-0.1, -0.05) is 30.3 Å². The van der Waals surface area contributed by atoms with E-state index in [-0.39, 0.29) is 13.2 Å². The number of hydrogen-bond donors (Lipinski definition) is 1. The number of ether oxygens (including phenoxy) is 3. The van der Waals surface area contributed by atoms with Crippen LogP contribution in [0.3, 0.4) is 0 Å². The number of nitrogens with zero attached hydrogens (tertiary/aromatic N) is 1. The molecule has 2 aromatic rings. The molecule has 1 N–H and O–H groups in total. The number of para-hydroxylation sites is 1. The fourth-order valence-electron chi connectivity index (χ4n) is 4.11. The molecule has 4 atom stereocenters. The van der Waals surface area contributed by atoms with Crippen LogP contribution in [0.2, 0.25) is 0 Å². The summed E-state index contributed by atoms with van der Waals surface area (Å²) >= 11 is 0. The van der Waals surface area contributed by atoms with E-state index in [2.05, 4.69) is 5.32 Å². The first-order valence-electron chi connectivity index (χ1n) is 10.7. The molecule has 0 radical (unpaired) electrons. The van der Waals surface area contributed by atoms with E-state index in [0.717, 1.165) is 5.56 Å². The minimum atomic E-state index is -1.60. The Morgan fingerprint density at radius 3 is 2.38 bits per heavy atom. The first-order chi connectivity index (χ1) is 16.2. The highest BCUT2D eigenvalue weighted by Gasteiger charge is 2.68. The number of β-lactam (4-membered cyclic amide) rings is 1. The summed E-state index contributed by atoms with van der Waals surface area (Å²) in [5, 5.41) is 1.79. The molecule has 2 saturated heterocycles. The lowest BCUT2D eigenvalue weighted by Crippen LogP contribution is -2.71. The zero-order valence-electron chi connectivity index (χ0n) is 19.1. The van der Waals surface area contributed by atoms with Gasteiger partial charge in [-0.05, 0) is 43.7 Å². The largest absolute Gasteiger partial charge is 0.497 e. The summed E-state index contributed by atoms with van der Waals surface area (Å²) in [5.41, 5.74) is 0.751. The third-order valence-corrected chi connectivity index (χ3v) is 8.15. The predicted molar refractivity (Wildman–Crippen MR) is 123 cm³/mol. The molecule has 34 heavy (non-hydrogen) atoms. The average Bonchev–Trinajstić information content (AvgIpc) is 3.03. The third-order valence-electron chi connectivity index (χ3n) is 5.95. The van der Waals surface area contributed by atoms with Gasteiger partial charge in [-0.15, -0.1) is 0 Å². The van der Waals surface area contributed by atoms with Crippen LogP contribution in [0.1, 0.15) is 19.4 Å². The number of carbonyl (C=O) groups is 3. The number of esters is 1. The van der Waals surface area contributed by atoms with Crippen LogP contribution in [-0.4, -0.2) is 62.8 Å². The molecule has 9 nitrogen and oxygen atoms in total. The molecular formula is C24H26N2O7S. The van der Waals surface area contributed by atoms with Crippen LogP contribution in [0.5, 0.6) is 11.5 Å². The van der Waals surface area contributed by atoms with Gasteiger partial charge in [0.15, 0.2) is 6.61 Å². The molecular weight excluding hydrogens is 460 g/mol. The summed E-state index contributed by atoms with van der Waals surface area (Å²) in [6.45, 7) is 3.03. The molecule has 2 fully saturated rings. The summed E-state index contributed by atoms with van der Waals surface area (Å²) in [5.74, 6) is -0.420. The van der Waals surface area contributed by atoms with Crippen molar-refractivity contribution in [1.29, 1.82) is 0 Å². The van der Waals surface area contributed by atoms with Crippen molar-refractivity contribution in [2.24, 2.45) is 0 Å². The van der Waals surface area contributed by atoms with Gasteiger partial charge in [0.05, 0.1) is 22.7 Å². The number of rotatable bonds is 8. The Labute approximate surface area is 199 Å². The zero-order chi connectivity index (χ0) is 24.5. The molecule has 2 heterocycles. The van der Waals surface area contributed by atoms with E-state index in [4.69, 9.17) is 14.2 Å². The molecule has 2 aromatic carbocycles. The van der Waals surface area contributed by atoms with Gasteiger partial charge in [0.25, 0.3) is 5.91 Å². The smallest absolute Gasteiger partial charge is 0.330 e. The molecule has 0 spiro atoms. The van der Waals surface area contributed by atoms with E-state index in [0.29, 0.717) is 11.5 Å². The standard InChI is InChI=1S/C24H26N2O7S/c1-24(2)20(23(29)33-13-15-9-11-16(31-3)12-10-15)26-21(28)19(22(26)34(24)30)25-18(27)14-32-17-7-5-4-6-8-17/h4-12,19-20,22H,13-14H2,1-3H3,(H,25,27)/t19?,20?,22-,34?/m0/s1. The number of amides is 2. The number of hydrogen-bond acceptors (Lipinski definition) is 7. The predicted octanol–water partition coefficient (Wildman–Crippen LogP) is 1.38. The second-order valence-electron chi connectivity index (χ2n) is 8.54. The van der Waals surface area contributed by atoms with Gasteiger partial charge < -0.3 is 24.4 Å². The van der Waals surface area contributed by atoms with E-state index in [1.165, 1.54) is 4.90 Å². The summed E-state index contributed by atoms with van der Waals surface area (Å²) < 4.78 is 28.1. The van der Waals surface area contributed by atoms with Gasteiger partial charge in [0, 0.05) is 0 Å². The Morgan fingerprint density at radius 1 is 1.06 bits per heavy atom. The SMILES string of the molecule is COc1ccc(COC(=O)C2N3C(=O)C(NC(=O)COc4ccccc4)[C@@H]3S(=O)C2(C)C)cc1. The van der Waals surface area contributed by atoms with E-state index in [1.54, 1.807) is 69.5 Å². The molecule has 0 saturated carbocycles. The van der Waals surface area contributed by atoms with Crippen LogP contribution < -0.4 is 14.8 Å². The molecule has 2 aliphatic rings. The maximum atomic E-state index is 13.2. The van der Waals surface area contributed by atoms with Gasteiger partial charge in [-0.25, -0.2) is 4.79 Å². The average molecular weight is 487 g/mol. The fraction of sp³-hybridized carbons (Fsp3) is 0.375. The topological polar surface area (TPSA) is 111 Å². The molecule has 3 unspecified atom stereocenters. The summed E-state index contributed by atoms with van der Waals surface area (Å²) in [4.78, 5) is 39.4. The van der Waals surface area contributed by atoms with Crippen molar-refractivity contribution in [2.45, 2.75) is 42.7 Å². The van der Waals surface area contributed by atoms with Crippen LogP contribution in [0.4, 0.5) is 0 Å². The van der Waals surface area contributed by atoms with E-state index in [9.17, 15) is 18.6 Å². The van der Waals surface area contributed by atoms with Crippen molar-refractivity contribution < 1.29 is 32.8 Å². The lowest BCUT2D eigenvalue weighted by Gasteiger charge is -2.43. The van der Waals surface area contributed by atoms with Crippen molar-refractivity contribution in [3.63, 3.8) is 0 Å². The fourth-order valence-corrected chi connectivity index (χ4v) is 6.03. The Bertz CT molecular complexity index is 1100. The highest BCUT2D eigenvalue weighted by molar-refractivity contribution is 7.87.